The highest BCUT2D eigenvalue weighted by Gasteiger charge is 2.05. The zero-order chi connectivity index (χ0) is 13.6. The minimum absolute atomic E-state index is 0.307. The van der Waals surface area contributed by atoms with Crippen molar-refractivity contribution in [3.63, 3.8) is 0 Å². The standard InChI is InChI=1S/C15H33NO2/c1-3-4-5-6-7-8-9-10-11-12-13-15(2)14-16(17)18/h15,17-18H,3-14H2,1-2H3. The van der Waals surface area contributed by atoms with E-state index in [-0.39, 0.29) is 0 Å². The van der Waals surface area contributed by atoms with E-state index >= 15 is 0 Å². The molecule has 1 atom stereocenters. The molecule has 0 aromatic heterocycles. The van der Waals surface area contributed by atoms with Gasteiger partial charge in [-0.25, -0.2) is 0 Å². The molecule has 0 aromatic rings. The van der Waals surface area contributed by atoms with Crippen molar-refractivity contribution in [2.24, 2.45) is 5.92 Å². The summed E-state index contributed by atoms with van der Waals surface area (Å²) in [6.07, 6.45) is 14.6. The van der Waals surface area contributed by atoms with Gasteiger partial charge in [-0.2, -0.15) is 0 Å². The van der Waals surface area contributed by atoms with E-state index in [4.69, 9.17) is 10.4 Å². The lowest BCUT2D eigenvalue weighted by Crippen LogP contribution is -2.20. The number of hydroxylamine groups is 2. The van der Waals surface area contributed by atoms with Crippen LogP contribution in [-0.4, -0.2) is 22.2 Å². The Morgan fingerprint density at radius 3 is 1.67 bits per heavy atom. The van der Waals surface area contributed by atoms with Crippen molar-refractivity contribution in [3.8, 4) is 0 Å². The van der Waals surface area contributed by atoms with Crippen LogP contribution in [0.5, 0.6) is 0 Å². The maximum absolute atomic E-state index is 8.67. The molecule has 0 saturated carbocycles. The van der Waals surface area contributed by atoms with Gasteiger partial charge in [-0.05, 0) is 12.3 Å². The van der Waals surface area contributed by atoms with Crippen LogP contribution in [0.4, 0.5) is 0 Å². The van der Waals surface area contributed by atoms with E-state index in [0.29, 0.717) is 17.7 Å². The quantitative estimate of drug-likeness (QED) is 0.361. The van der Waals surface area contributed by atoms with Gasteiger partial charge in [-0.1, -0.05) is 83.3 Å². The Labute approximate surface area is 113 Å². The summed E-state index contributed by atoms with van der Waals surface area (Å²) < 4.78 is 0. The van der Waals surface area contributed by atoms with Gasteiger partial charge in [0.1, 0.15) is 0 Å². The van der Waals surface area contributed by atoms with Crippen LogP contribution < -0.4 is 0 Å². The number of hydrogen-bond donors (Lipinski definition) is 2. The molecule has 0 saturated heterocycles. The molecule has 0 radical (unpaired) electrons. The van der Waals surface area contributed by atoms with E-state index in [9.17, 15) is 0 Å². The molecule has 0 aliphatic carbocycles. The third kappa shape index (κ3) is 13.9. The topological polar surface area (TPSA) is 43.7 Å². The molecule has 0 heterocycles. The average Bonchev–Trinajstić information content (AvgIpc) is 2.30. The van der Waals surface area contributed by atoms with Crippen LogP contribution in [0.3, 0.4) is 0 Å². The molecule has 0 aliphatic heterocycles. The monoisotopic (exact) mass is 259 g/mol. The highest BCUT2D eigenvalue weighted by Crippen LogP contribution is 2.14. The minimum Gasteiger partial charge on any atom is -0.290 e. The summed E-state index contributed by atoms with van der Waals surface area (Å²) in [7, 11) is 0. The van der Waals surface area contributed by atoms with Crippen molar-refractivity contribution in [3.05, 3.63) is 0 Å². The van der Waals surface area contributed by atoms with E-state index in [1.54, 1.807) is 0 Å². The molecule has 0 amide bonds. The SMILES string of the molecule is CCCCCCCCCCCCC(C)CN(O)O. The highest BCUT2D eigenvalue weighted by atomic mass is 16.8. The first-order valence-electron chi connectivity index (χ1n) is 7.82. The third-order valence-electron chi connectivity index (χ3n) is 3.53. The van der Waals surface area contributed by atoms with E-state index < -0.39 is 0 Å². The molecule has 110 valence electrons. The molecule has 0 bridgehead atoms. The second-order valence-corrected chi connectivity index (χ2v) is 5.63. The summed E-state index contributed by atoms with van der Waals surface area (Å²) in [5.41, 5.74) is 0. The molecule has 3 nitrogen and oxygen atoms in total. The Balaban J connectivity index is 3.07. The fraction of sp³-hybridized carbons (Fsp3) is 1.00. The summed E-state index contributed by atoms with van der Waals surface area (Å²) >= 11 is 0. The van der Waals surface area contributed by atoms with Gasteiger partial charge in [0.05, 0.1) is 6.54 Å². The second kappa shape index (κ2) is 13.3. The van der Waals surface area contributed by atoms with Crippen molar-refractivity contribution >= 4 is 0 Å². The van der Waals surface area contributed by atoms with Gasteiger partial charge >= 0.3 is 0 Å². The lowest BCUT2D eigenvalue weighted by atomic mass is 10.0. The predicted octanol–water partition coefficient (Wildman–Crippen LogP) is 5.01. The van der Waals surface area contributed by atoms with Crippen LogP contribution >= 0.6 is 0 Å². The first kappa shape index (κ1) is 17.9. The van der Waals surface area contributed by atoms with Gasteiger partial charge in [0.15, 0.2) is 0 Å². The molecular formula is C15H33NO2. The molecule has 0 rings (SSSR count). The van der Waals surface area contributed by atoms with E-state index in [2.05, 4.69) is 13.8 Å². The highest BCUT2D eigenvalue weighted by molar-refractivity contribution is 4.54. The fourth-order valence-electron chi connectivity index (χ4n) is 2.35. The number of hydrogen-bond acceptors (Lipinski definition) is 3. The third-order valence-corrected chi connectivity index (χ3v) is 3.53. The van der Waals surface area contributed by atoms with Crippen molar-refractivity contribution < 1.29 is 10.4 Å². The summed E-state index contributed by atoms with van der Waals surface area (Å²) in [5, 5.41) is 17.7. The smallest absolute Gasteiger partial charge is 0.0538 e. The number of unbranched alkanes of at least 4 members (excludes halogenated alkanes) is 9. The molecule has 0 aromatic carbocycles. The Kier molecular flexibility index (Phi) is 13.2. The van der Waals surface area contributed by atoms with Crippen molar-refractivity contribution in [2.75, 3.05) is 6.54 Å². The molecule has 1 unspecified atom stereocenters. The lowest BCUT2D eigenvalue weighted by molar-refractivity contribution is -0.311. The van der Waals surface area contributed by atoms with Gasteiger partial charge in [-0.3, -0.25) is 10.4 Å². The van der Waals surface area contributed by atoms with E-state index in [1.807, 2.05) is 0 Å². The number of rotatable bonds is 13. The first-order valence-corrected chi connectivity index (χ1v) is 7.82. The average molecular weight is 259 g/mol. The zero-order valence-corrected chi connectivity index (χ0v) is 12.4. The van der Waals surface area contributed by atoms with Gasteiger partial charge in [0.25, 0.3) is 0 Å². The molecule has 3 heteroatoms. The maximum atomic E-state index is 8.67. The van der Waals surface area contributed by atoms with Crippen molar-refractivity contribution in [1.29, 1.82) is 0 Å². The van der Waals surface area contributed by atoms with Gasteiger partial charge in [0.2, 0.25) is 0 Å². The number of nitrogens with zero attached hydrogens (tertiary/aromatic N) is 1. The van der Waals surface area contributed by atoms with Crippen molar-refractivity contribution in [2.45, 2.75) is 84.5 Å². The lowest BCUT2D eigenvalue weighted by Gasteiger charge is -2.13. The fourth-order valence-corrected chi connectivity index (χ4v) is 2.35. The summed E-state index contributed by atoms with van der Waals surface area (Å²) in [4.78, 5) is 0. The van der Waals surface area contributed by atoms with E-state index in [1.165, 1.54) is 64.2 Å². The van der Waals surface area contributed by atoms with E-state index in [0.717, 1.165) is 6.42 Å². The van der Waals surface area contributed by atoms with Gasteiger partial charge < -0.3 is 0 Å². The molecule has 0 fully saturated rings. The zero-order valence-electron chi connectivity index (χ0n) is 12.4. The van der Waals surface area contributed by atoms with Gasteiger partial charge in [-0.15, -0.1) is 0 Å². The Morgan fingerprint density at radius 2 is 1.22 bits per heavy atom. The Morgan fingerprint density at radius 1 is 0.778 bits per heavy atom. The predicted molar refractivity (Wildman–Crippen MR) is 75.9 cm³/mol. The molecule has 18 heavy (non-hydrogen) atoms. The van der Waals surface area contributed by atoms with Crippen LogP contribution in [0.15, 0.2) is 0 Å². The van der Waals surface area contributed by atoms with Gasteiger partial charge in [0, 0.05) is 0 Å². The van der Waals surface area contributed by atoms with Crippen molar-refractivity contribution in [1.82, 2.24) is 5.23 Å². The van der Waals surface area contributed by atoms with Crippen LogP contribution in [0.2, 0.25) is 0 Å². The van der Waals surface area contributed by atoms with Crippen LogP contribution in [0.1, 0.15) is 84.5 Å². The minimum atomic E-state index is 0.307. The molecule has 0 spiro atoms. The van der Waals surface area contributed by atoms with Crippen LogP contribution in [0.25, 0.3) is 0 Å². The molecule has 0 aliphatic rings. The maximum Gasteiger partial charge on any atom is 0.0538 e. The summed E-state index contributed by atoms with van der Waals surface area (Å²) in [6.45, 7) is 4.68. The molecular weight excluding hydrogens is 226 g/mol. The van der Waals surface area contributed by atoms with Crippen LogP contribution in [-0.2, 0) is 0 Å². The summed E-state index contributed by atoms with van der Waals surface area (Å²) in [6, 6.07) is 0. The Bertz CT molecular complexity index is 163. The molecule has 2 N–H and O–H groups in total. The largest absolute Gasteiger partial charge is 0.290 e. The van der Waals surface area contributed by atoms with Crippen LogP contribution in [0, 0.1) is 5.92 Å². The Hall–Kier alpha value is -0.120. The normalized spacial score (nSPS) is 13.2. The first-order chi connectivity index (χ1) is 8.66. The summed E-state index contributed by atoms with van der Waals surface area (Å²) in [5.74, 6) is 0.369. The second-order valence-electron chi connectivity index (χ2n) is 5.63.